The smallest absolute Gasteiger partial charge is 0.333 e. The van der Waals surface area contributed by atoms with Gasteiger partial charge in [-0.15, -0.1) is 22.7 Å². The predicted octanol–water partition coefficient (Wildman–Crippen LogP) is 16.5. The monoisotopic (exact) mass is 888 g/mol. The molecule has 0 N–H and O–H groups in total. The van der Waals surface area contributed by atoms with E-state index in [0.29, 0.717) is 0 Å². The Morgan fingerprint density at radius 1 is 0.485 bits per heavy atom. The molecule has 4 aromatic heterocycles. The van der Waals surface area contributed by atoms with E-state index in [2.05, 4.69) is 205 Å². The molecule has 6 heterocycles. The summed E-state index contributed by atoms with van der Waals surface area (Å²) in [5.74, 6) is 0. The van der Waals surface area contributed by atoms with Gasteiger partial charge in [0.25, 0.3) is 0 Å². The molecule has 0 unspecified atom stereocenters. The highest BCUT2D eigenvalue weighted by Gasteiger charge is 2.46. The van der Waals surface area contributed by atoms with Gasteiger partial charge in [-0.25, -0.2) is 0 Å². The average molecular weight is 889 g/mol. The predicted molar refractivity (Wildman–Crippen MR) is 289 cm³/mol. The third-order valence-electron chi connectivity index (χ3n) is 15.0. The van der Waals surface area contributed by atoms with Gasteiger partial charge in [-0.3, -0.25) is 0 Å². The van der Waals surface area contributed by atoms with Gasteiger partial charge in [0.2, 0.25) is 0 Å². The van der Waals surface area contributed by atoms with E-state index in [1.165, 1.54) is 118 Å². The number of furan rings is 1. The van der Waals surface area contributed by atoms with E-state index in [4.69, 9.17) is 4.42 Å². The maximum atomic E-state index is 7.00. The Bertz CT molecular complexity index is 4120. The van der Waals surface area contributed by atoms with E-state index in [0.717, 1.165) is 21.9 Å². The van der Waals surface area contributed by atoms with Crippen LogP contribution in [0.3, 0.4) is 0 Å². The molecule has 8 aromatic carbocycles. The second-order valence-electron chi connectivity index (χ2n) is 22.1. The summed E-state index contributed by atoms with van der Waals surface area (Å²) in [4.78, 5) is 2.70. The summed E-state index contributed by atoms with van der Waals surface area (Å²) in [5.41, 5.74) is 17.3. The van der Waals surface area contributed by atoms with Crippen LogP contribution in [0.25, 0.3) is 101 Å². The Morgan fingerprint density at radius 3 is 1.86 bits per heavy atom. The van der Waals surface area contributed by atoms with Gasteiger partial charge in [0, 0.05) is 84.5 Å². The third kappa shape index (κ3) is 5.15. The van der Waals surface area contributed by atoms with Crippen LogP contribution in [0.4, 0.5) is 11.4 Å². The molecule has 0 aliphatic carbocycles. The first-order chi connectivity index (χ1) is 31.6. The fourth-order valence-corrected chi connectivity index (χ4v) is 14.0. The number of anilines is 2. The van der Waals surface area contributed by atoms with Crippen LogP contribution in [0.5, 0.6) is 0 Å². The Labute approximate surface area is 393 Å². The molecular weight excluding hydrogens is 840 g/mol. The van der Waals surface area contributed by atoms with Crippen molar-refractivity contribution in [3.05, 3.63) is 150 Å². The van der Waals surface area contributed by atoms with Gasteiger partial charge in [0.15, 0.2) is 0 Å². The zero-order valence-electron chi connectivity index (χ0n) is 38.9. The van der Waals surface area contributed by atoms with Crippen molar-refractivity contribution in [3.63, 3.8) is 0 Å². The van der Waals surface area contributed by atoms with Crippen LogP contribution in [0.1, 0.15) is 79.0 Å². The van der Waals surface area contributed by atoms with Crippen molar-refractivity contribution in [3.8, 4) is 16.8 Å². The molecule has 0 bridgehead atoms. The highest BCUT2D eigenvalue weighted by atomic mass is 32.1. The Balaban J connectivity index is 1.22. The lowest BCUT2D eigenvalue weighted by molar-refractivity contribution is 0.587. The van der Waals surface area contributed by atoms with Gasteiger partial charge >= 0.3 is 6.85 Å². The summed E-state index contributed by atoms with van der Waals surface area (Å²) < 4.78 is 15.0. The number of benzene rings is 8. The molecule has 0 saturated heterocycles. The Hall–Kier alpha value is -6.34. The molecule has 12 aromatic rings. The topological polar surface area (TPSA) is 21.3 Å². The molecular formula is C60H49BN2OS2. The molecule has 320 valence electrons. The fraction of sp³-hybridized carbons (Fsp3) is 0.200. The molecule has 0 amide bonds. The Kier molecular flexibility index (Phi) is 7.52. The molecule has 6 heteroatoms. The van der Waals surface area contributed by atoms with E-state index in [1.807, 2.05) is 22.7 Å². The van der Waals surface area contributed by atoms with Crippen LogP contribution in [0, 0.1) is 0 Å². The molecule has 0 saturated carbocycles. The molecule has 2 aliphatic rings. The van der Waals surface area contributed by atoms with Crippen LogP contribution in [-0.2, 0) is 16.2 Å². The molecule has 66 heavy (non-hydrogen) atoms. The highest BCUT2D eigenvalue weighted by molar-refractivity contribution is 7.27. The lowest BCUT2D eigenvalue weighted by Crippen LogP contribution is -2.60. The van der Waals surface area contributed by atoms with E-state index >= 15 is 0 Å². The zero-order chi connectivity index (χ0) is 44.9. The number of hydrogen-bond acceptors (Lipinski definition) is 4. The SMILES string of the molecule is CC(C)(C)c1ccc(N2B3c4cc5sc6ccccc6c5cc4-n4c5ccc(C(C)(C)C)cc5c5c6sc7ccccc7c6c(c3c54)-c3cc4oc5cc(C(C)(C)C)ccc5c4cc32)cc1. The summed E-state index contributed by atoms with van der Waals surface area (Å²) >= 11 is 3.87. The van der Waals surface area contributed by atoms with Crippen LogP contribution in [0.2, 0.25) is 0 Å². The van der Waals surface area contributed by atoms with Crippen molar-refractivity contribution in [1.29, 1.82) is 0 Å². The molecule has 0 radical (unpaired) electrons. The Morgan fingerprint density at radius 2 is 1.12 bits per heavy atom. The second kappa shape index (κ2) is 12.8. The van der Waals surface area contributed by atoms with Gasteiger partial charge in [-0.2, -0.15) is 0 Å². The van der Waals surface area contributed by atoms with Crippen LogP contribution >= 0.6 is 22.7 Å². The van der Waals surface area contributed by atoms with Crippen molar-refractivity contribution in [2.24, 2.45) is 0 Å². The minimum absolute atomic E-state index is 0.000140. The average Bonchev–Trinajstić information content (AvgIpc) is 4.04. The second-order valence-corrected chi connectivity index (χ2v) is 24.3. The first kappa shape index (κ1) is 38.9. The van der Waals surface area contributed by atoms with Crippen LogP contribution in [-0.4, -0.2) is 11.4 Å². The largest absolute Gasteiger partial charge is 0.456 e. The summed E-state index contributed by atoms with van der Waals surface area (Å²) in [6.07, 6.45) is 0. The van der Waals surface area contributed by atoms with E-state index in [-0.39, 0.29) is 23.1 Å². The summed E-state index contributed by atoms with van der Waals surface area (Å²) in [7, 11) is 0. The quantitative estimate of drug-likeness (QED) is 0.153. The summed E-state index contributed by atoms with van der Waals surface area (Å²) in [6.45, 7) is 20.7. The standard InChI is InChI=1S/C60H49BN2OS2/c1-58(2,3)32-18-22-35(23-19-32)63-45-28-39-36-24-20-34(60(7,8)9)27-47(36)64-48(39)30-42(45)52-53-38-15-11-13-17-50(38)66-57(53)54-41-26-33(59(4,5)6)21-25-44(41)62-46-29-40-37-14-10-12-16-49(37)65-51(40)31-43(46)61(63)55(52)56(54)62/h10-31H,1-9H3. The van der Waals surface area contributed by atoms with Crippen LogP contribution in [0.15, 0.2) is 138 Å². The maximum absolute atomic E-state index is 7.00. The van der Waals surface area contributed by atoms with Crippen LogP contribution < -0.4 is 15.7 Å². The fourth-order valence-electron chi connectivity index (χ4n) is 11.6. The summed E-state index contributed by atoms with van der Waals surface area (Å²) in [6, 6.07) is 51.7. The molecule has 0 fully saturated rings. The van der Waals surface area contributed by atoms with Gasteiger partial charge < -0.3 is 13.8 Å². The molecule has 2 aliphatic heterocycles. The van der Waals surface area contributed by atoms with E-state index < -0.39 is 0 Å². The van der Waals surface area contributed by atoms with Crippen molar-refractivity contribution in [2.45, 2.75) is 78.6 Å². The van der Waals surface area contributed by atoms with Crippen molar-refractivity contribution in [2.75, 3.05) is 4.81 Å². The number of aromatic nitrogens is 1. The third-order valence-corrected chi connectivity index (χ3v) is 17.3. The zero-order valence-corrected chi connectivity index (χ0v) is 40.5. The first-order valence-electron chi connectivity index (χ1n) is 23.4. The maximum Gasteiger partial charge on any atom is 0.333 e. The summed E-state index contributed by atoms with van der Waals surface area (Å²) in [5, 5.41) is 10.3. The van der Waals surface area contributed by atoms with Gasteiger partial charge in [0.05, 0.1) is 11.0 Å². The van der Waals surface area contributed by atoms with Gasteiger partial charge in [-0.1, -0.05) is 129 Å². The highest BCUT2D eigenvalue weighted by Crippen LogP contribution is 2.54. The molecule has 14 rings (SSSR count). The van der Waals surface area contributed by atoms with E-state index in [1.54, 1.807) is 0 Å². The lowest BCUT2D eigenvalue weighted by Gasteiger charge is -2.42. The number of nitrogens with zero attached hydrogens (tertiary/aromatic N) is 2. The minimum Gasteiger partial charge on any atom is -0.456 e. The minimum atomic E-state index is -0.120. The van der Waals surface area contributed by atoms with Gasteiger partial charge in [0.1, 0.15) is 11.2 Å². The number of fused-ring (bicyclic) bond motifs is 19. The number of thiophene rings is 2. The van der Waals surface area contributed by atoms with Crippen molar-refractivity contribution < 1.29 is 4.42 Å². The van der Waals surface area contributed by atoms with E-state index in [9.17, 15) is 0 Å². The van der Waals surface area contributed by atoms with Crippen molar-refractivity contribution in [1.82, 2.24) is 4.57 Å². The molecule has 0 atom stereocenters. The first-order valence-corrected chi connectivity index (χ1v) is 25.1. The molecule has 3 nitrogen and oxygen atoms in total. The van der Waals surface area contributed by atoms with Crippen molar-refractivity contribution >= 4 is 136 Å². The normalized spacial score (nSPS) is 14.1. The number of rotatable bonds is 1. The molecule has 0 spiro atoms. The number of hydrogen-bond donors (Lipinski definition) is 0. The van der Waals surface area contributed by atoms with Gasteiger partial charge in [-0.05, 0) is 116 Å². The lowest BCUT2D eigenvalue weighted by atomic mass is 9.43.